The smallest absolute Gasteiger partial charge is 0.0149 e. The second-order valence-corrected chi connectivity index (χ2v) is 0. The molecule has 0 aliphatic rings. The molecular formula is H7AlCuMoNiSi. The molecule has 0 saturated heterocycles. The Bertz CT molecular complexity index is 11.6. The molecule has 5 heavy (non-hydrogen) atoms. The van der Waals surface area contributed by atoms with E-state index in [1.54, 1.807) is 0 Å². The Morgan fingerprint density at radius 2 is 1.00 bits per heavy atom. The minimum atomic E-state index is 0. The van der Waals surface area contributed by atoms with Crippen LogP contribution in [0.1, 0.15) is 0 Å². The summed E-state index contributed by atoms with van der Waals surface area (Å²) in [5.74, 6) is 0. The molecule has 5 heteroatoms. The van der Waals surface area contributed by atoms with Crippen LogP contribution in [-0.4, -0.2) is 28.3 Å². The molecule has 0 spiro atoms. The van der Waals surface area contributed by atoms with Gasteiger partial charge in [0.15, 0.2) is 17.4 Å². The van der Waals surface area contributed by atoms with Gasteiger partial charge in [-0.15, -0.1) is 0 Å². The Morgan fingerprint density at radius 3 is 1.00 bits per heavy atom. The Kier molecular flexibility index (Phi) is 329. The minimum Gasteiger partial charge on any atom is -0.0149 e. The summed E-state index contributed by atoms with van der Waals surface area (Å²) < 4.78 is 0. The summed E-state index contributed by atoms with van der Waals surface area (Å²) in [6, 6.07) is 0. The molecule has 41 valence electrons. The van der Waals surface area contributed by atoms with Crippen molar-refractivity contribution in [3.05, 3.63) is 0 Å². The van der Waals surface area contributed by atoms with Gasteiger partial charge in [-0.25, -0.2) is 0 Å². The van der Waals surface area contributed by atoms with Crippen molar-refractivity contribution in [3.8, 4) is 0 Å². The molecule has 0 heterocycles. The molecule has 0 fully saturated rings. The molecule has 0 N–H and O–H groups in total. The summed E-state index contributed by atoms with van der Waals surface area (Å²) in [4.78, 5) is 0. The van der Waals surface area contributed by atoms with Crippen LogP contribution in [0.15, 0.2) is 0 Å². The monoisotopic (exact) mass is 281 g/mol. The van der Waals surface area contributed by atoms with Crippen LogP contribution in [0.5, 0.6) is 0 Å². The van der Waals surface area contributed by atoms with Gasteiger partial charge in [-0.05, 0) is 11.0 Å². The molecule has 0 saturated carbocycles. The second-order valence-electron chi connectivity index (χ2n) is 0. The van der Waals surface area contributed by atoms with Gasteiger partial charge in [0.05, 0.1) is 0 Å². The van der Waals surface area contributed by atoms with Crippen LogP contribution in [0, 0.1) is 0 Å². The van der Waals surface area contributed by atoms with Gasteiger partial charge < -0.3 is 0 Å². The fourth-order valence-corrected chi connectivity index (χ4v) is 0. The normalized spacial score (nSPS) is 0. The predicted octanol–water partition coefficient (Wildman–Crippen LogP) is -2.64. The maximum absolute atomic E-state index is 0. The van der Waals surface area contributed by atoms with E-state index < -0.39 is 0 Å². The molecule has 0 atom stereocenters. The molecule has 0 aliphatic heterocycles. The summed E-state index contributed by atoms with van der Waals surface area (Å²) in [7, 11) is 0. The quantitative estimate of drug-likeness (QED) is 0.426. The van der Waals surface area contributed by atoms with Crippen LogP contribution >= 0.6 is 0 Å². The van der Waals surface area contributed by atoms with Gasteiger partial charge in [0.25, 0.3) is 0 Å². The standard InChI is InChI=1S/Al.Cu.Mo.Ni.H4Si.3H/h;;;;1H4;;;. The Balaban J connectivity index is 0. The first-order valence-electron chi connectivity index (χ1n) is 0. The first kappa shape index (κ1) is 51.6. The fourth-order valence-electron chi connectivity index (χ4n) is 0. The first-order chi connectivity index (χ1) is 0. The predicted molar refractivity (Wildman–Crippen MR) is 21.3 cm³/mol. The van der Waals surface area contributed by atoms with Crippen molar-refractivity contribution in [1.82, 2.24) is 0 Å². The van der Waals surface area contributed by atoms with Crippen molar-refractivity contribution in [3.63, 3.8) is 0 Å². The van der Waals surface area contributed by atoms with Crippen molar-refractivity contribution in [2.24, 2.45) is 0 Å². The average molecular weight is 280 g/mol. The molecule has 0 rings (SSSR count). The molecule has 0 aliphatic carbocycles. The van der Waals surface area contributed by atoms with Crippen molar-refractivity contribution in [1.29, 1.82) is 0 Å². The zero-order chi connectivity index (χ0) is 0. The van der Waals surface area contributed by atoms with Crippen LogP contribution < -0.4 is 0 Å². The number of rotatable bonds is 0. The van der Waals surface area contributed by atoms with Gasteiger partial charge in [-0.1, -0.05) is 0 Å². The van der Waals surface area contributed by atoms with E-state index in [0.29, 0.717) is 0 Å². The van der Waals surface area contributed by atoms with E-state index in [1.165, 1.54) is 0 Å². The Morgan fingerprint density at radius 1 is 1.00 bits per heavy atom. The maximum Gasteiger partial charge on any atom is 0.187 e. The molecule has 1 radical (unpaired) electrons. The van der Waals surface area contributed by atoms with Crippen LogP contribution in [0.25, 0.3) is 0 Å². The summed E-state index contributed by atoms with van der Waals surface area (Å²) in [6.45, 7) is 0. The van der Waals surface area contributed by atoms with Crippen LogP contribution in [0.2, 0.25) is 0 Å². The second kappa shape index (κ2) is 31.9. The van der Waals surface area contributed by atoms with Crippen LogP contribution in [0.4, 0.5) is 0 Å². The summed E-state index contributed by atoms with van der Waals surface area (Å²) in [5.41, 5.74) is 0. The van der Waals surface area contributed by atoms with Gasteiger partial charge in [0.2, 0.25) is 0 Å². The van der Waals surface area contributed by atoms with Gasteiger partial charge in [0, 0.05) is 54.6 Å². The van der Waals surface area contributed by atoms with E-state index in [9.17, 15) is 0 Å². The zero-order valence-corrected chi connectivity index (χ0v) is 4.96. The van der Waals surface area contributed by atoms with Gasteiger partial charge in [-0.2, -0.15) is 0 Å². The summed E-state index contributed by atoms with van der Waals surface area (Å²) >= 11 is 0. The van der Waals surface area contributed by atoms with Gasteiger partial charge >= 0.3 is 0 Å². The van der Waals surface area contributed by atoms with Crippen LogP contribution in [-0.2, 0) is 54.6 Å². The molecule has 0 bridgehead atoms. The maximum atomic E-state index is 0. The average Bonchev–Trinajstić information content (AvgIpc) is 0. The van der Waals surface area contributed by atoms with Crippen molar-refractivity contribution in [2.45, 2.75) is 0 Å². The summed E-state index contributed by atoms with van der Waals surface area (Å²) in [5, 5.41) is 0. The molecular weight excluding hydrogens is 273 g/mol. The molecule has 0 unspecified atom stereocenters. The molecule has 0 nitrogen and oxygen atoms in total. The third-order valence-electron chi connectivity index (χ3n) is 0. The SMILES string of the molecule is [AlH3].[Cu].[Mo].[Ni].[SiH4]. The molecule has 0 aromatic rings. The molecule has 0 aromatic carbocycles. The Hall–Kier alpha value is 2.45. The van der Waals surface area contributed by atoms with E-state index in [-0.39, 0.29) is 83.0 Å². The van der Waals surface area contributed by atoms with Crippen molar-refractivity contribution >= 4 is 28.3 Å². The fraction of sp³-hybridized carbons (Fsp3) is 0. The van der Waals surface area contributed by atoms with Crippen molar-refractivity contribution in [2.75, 3.05) is 0 Å². The zero-order valence-electron chi connectivity index (χ0n) is 1.03. The van der Waals surface area contributed by atoms with Crippen molar-refractivity contribution < 1.29 is 54.6 Å². The van der Waals surface area contributed by atoms with E-state index in [2.05, 4.69) is 0 Å². The van der Waals surface area contributed by atoms with E-state index in [0.717, 1.165) is 0 Å². The molecule has 0 amide bonds. The summed E-state index contributed by atoms with van der Waals surface area (Å²) in [6.07, 6.45) is 0. The Labute approximate surface area is 82.0 Å². The van der Waals surface area contributed by atoms with Crippen LogP contribution in [0.3, 0.4) is 0 Å². The third-order valence-corrected chi connectivity index (χ3v) is 0. The third kappa shape index (κ3) is 21.3. The van der Waals surface area contributed by atoms with E-state index >= 15 is 0 Å². The first-order valence-corrected chi connectivity index (χ1v) is 0. The minimum absolute atomic E-state index is 0. The van der Waals surface area contributed by atoms with E-state index in [4.69, 9.17) is 0 Å². The van der Waals surface area contributed by atoms with E-state index in [1.807, 2.05) is 0 Å². The molecule has 0 aromatic heterocycles. The number of hydrogen-bond acceptors (Lipinski definition) is 0. The van der Waals surface area contributed by atoms with Gasteiger partial charge in [0.1, 0.15) is 0 Å². The number of hydrogen-bond donors (Lipinski definition) is 0. The largest absolute Gasteiger partial charge is 0.187 e. The topological polar surface area (TPSA) is 0 Å². The van der Waals surface area contributed by atoms with Gasteiger partial charge in [-0.3, -0.25) is 0 Å².